The fourth-order valence-corrected chi connectivity index (χ4v) is 4.23. The Kier molecular flexibility index (Phi) is 6.51. The van der Waals surface area contributed by atoms with Crippen LogP contribution in [0.15, 0.2) is 36.4 Å². The zero-order valence-corrected chi connectivity index (χ0v) is 18.7. The number of carbonyl (C=O) groups is 4. The lowest BCUT2D eigenvalue weighted by Crippen LogP contribution is -2.52. The van der Waals surface area contributed by atoms with Crippen LogP contribution in [0.3, 0.4) is 0 Å². The zero-order chi connectivity index (χ0) is 25.3. The van der Waals surface area contributed by atoms with Gasteiger partial charge in [-0.25, -0.2) is 4.39 Å². The number of amides is 4. The van der Waals surface area contributed by atoms with Crippen LogP contribution in [0.1, 0.15) is 46.8 Å². The van der Waals surface area contributed by atoms with E-state index in [1.165, 1.54) is 23.1 Å². The van der Waals surface area contributed by atoms with Crippen molar-refractivity contribution in [3.63, 3.8) is 0 Å². The highest BCUT2D eigenvalue weighted by Crippen LogP contribution is 2.37. The molecule has 184 valence electrons. The van der Waals surface area contributed by atoms with Crippen molar-refractivity contribution in [1.29, 1.82) is 0 Å². The molecule has 0 spiro atoms. The molecule has 2 aliphatic rings. The lowest BCUT2D eigenvalue weighted by molar-refractivity contribution is -0.147. The van der Waals surface area contributed by atoms with Gasteiger partial charge in [0.2, 0.25) is 11.8 Å². The van der Waals surface area contributed by atoms with Gasteiger partial charge in [-0.15, -0.1) is 0 Å². The molecule has 0 radical (unpaired) electrons. The number of halogens is 3. The van der Waals surface area contributed by atoms with Crippen LogP contribution in [0.5, 0.6) is 5.75 Å². The van der Waals surface area contributed by atoms with E-state index >= 15 is 0 Å². The van der Waals surface area contributed by atoms with Gasteiger partial charge in [0.15, 0.2) is 0 Å². The van der Waals surface area contributed by atoms with E-state index in [4.69, 9.17) is 4.74 Å². The van der Waals surface area contributed by atoms with E-state index in [-0.39, 0.29) is 38.4 Å². The number of nitrogens with one attached hydrogen (secondary N) is 2. The molecule has 35 heavy (non-hydrogen) atoms. The number of rotatable bonds is 7. The molecule has 0 aliphatic carbocycles. The number of piperidine rings is 1. The van der Waals surface area contributed by atoms with Gasteiger partial charge in [0.05, 0.1) is 6.61 Å². The number of alkyl halides is 2. The van der Waals surface area contributed by atoms with Crippen molar-refractivity contribution in [2.45, 2.75) is 44.8 Å². The van der Waals surface area contributed by atoms with Gasteiger partial charge in [0.25, 0.3) is 11.8 Å². The summed E-state index contributed by atoms with van der Waals surface area (Å²) in [5.41, 5.74) is 0.205. The maximum Gasteiger partial charge on any atom is 0.356 e. The van der Waals surface area contributed by atoms with Gasteiger partial charge >= 0.3 is 5.92 Å². The summed E-state index contributed by atoms with van der Waals surface area (Å²) in [5.74, 6) is -8.89. The highest BCUT2D eigenvalue weighted by atomic mass is 19.3. The van der Waals surface area contributed by atoms with E-state index in [1.807, 2.05) is 0 Å². The van der Waals surface area contributed by atoms with Crippen LogP contribution in [0, 0.1) is 5.82 Å². The van der Waals surface area contributed by atoms with Crippen LogP contribution in [-0.2, 0) is 33.4 Å². The van der Waals surface area contributed by atoms with E-state index in [9.17, 15) is 32.3 Å². The van der Waals surface area contributed by atoms with E-state index in [2.05, 4.69) is 10.6 Å². The number of fused-ring (bicyclic) bond motifs is 1. The molecule has 4 rings (SSSR count). The lowest BCUT2D eigenvalue weighted by Gasteiger charge is -2.29. The molecule has 1 fully saturated rings. The summed E-state index contributed by atoms with van der Waals surface area (Å²) in [6, 6.07) is 6.98. The Morgan fingerprint density at radius 3 is 2.71 bits per heavy atom. The fraction of sp³-hybridized carbons (Fsp3) is 0.333. The molecule has 2 aromatic carbocycles. The van der Waals surface area contributed by atoms with Gasteiger partial charge in [0.1, 0.15) is 23.2 Å². The first-order chi connectivity index (χ1) is 16.6. The molecule has 11 heteroatoms. The van der Waals surface area contributed by atoms with Gasteiger partial charge in [0, 0.05) is 25.1 Å². The fourth-order valence-electron chi connectivity index (χ4n) is 4.23. The van der Waals surface area contributed by atoms with Crippen molar-refractivity contribution in [2.24, 2.45) is 0 Å². The highest BCUT2D eigenvalue weighted by Gasteiger charge is 2.46. The average molecular weight is 489 g/mol. The molecular weight excluding hydrogens is 467 g/mol. The van der Waals surface area contributed by atoms with Crippen molar-refractivity contribution >= 4 is 23.6 Å². The maximum absolute atomic E-state index is 14.8. The second kappa shape index (κ2) is 9.40. The number of benzene rings is 2. The van der Waals surface area contributed by atoms with Crippen molar-refractivity contribution in [3.05, 3.63) is 64.5 Å². The zero-order valence-electron chi connectivity index (χ0n) is 18.7. The Bertz CT molecular complexity index is 1220. The SMILES string of the molecule is CCOc1cccc(F)c1C(F)(F)C(=O)NCc1ccc2c(c1)CN(C1CCC(=O)NC1=O)C2=O. The van der Waals surface area contributed by atoms with Gasteiger partial charge < -0.3 is 15.0 Å². The summed E-state index contributed by atoms with van der Waals surface area (Å²) in [6.45, 7) is 1.36. The third-order valence-electron chi connectivity index (χ3n) is 5.92. The van der Waals surface area contributed by atoms with Crippen LogP contribution >= 0.6 is 0 Å². The molecule has 4 amide bonds. The predicted octanol–water partition coefficient (Wildman–Crippen LogP) is 2.39. The molecule has 0 saturated carbocycles. The minimum atomic E-state index is -4.19. The van der Waals surface area contributed by atoms with Crippen molar-refractivity contribution in [2.75, 3.05) is 6.61 Å². The van der Waals surface area contributed by atoms with Crippen molar-refractivity contribution in [3.8, 4) is 5.75 Å². The number of nitrogens with zero attached hydrogens (tertiary/aromatic N) is 1. The summed E-state index contributed by atoms with van der Waals surface area (Å²) in [6.07, 6.45) is 0.331. The third-order valence-corrected chi connectivity index (χ3v) is 5.92. The molecular formula is C24H22F3N3O5. The molecule has 0 aromatic heterocycles. The first-order valence-corrected chi connectivity index (χ1v) is 11.0. The summed E-state index contributed by atoms with van der Waals surface area (Å²) in [4.78, 5) is 50.0. The van der Waals surface area contributed by atoms with Crippen LogP contribution in [0.4, 0.5) is 13.2 Å². The minimum Gasteiger partial charge on any atom is -0.493 e. The molecule has 2 N–H and O–H groups in total. The molecule has 2 aromatic rings. The van der Waals surface area contributed by atoms with Crippen LogP contribution in [-0.4, -0.2) is 41.2 Å². The largest absolute Gasteiger partial charge is 0.493 e. The predicted molar refractivity (Wildman–Crippen MR) is 116 cm³/mol. The van der Waals surface area contributed by atoms with E-state index in [0.717, 1.165) is 12.1 Å². The molecule has 1 unspecified atom stereocenters. The lowest BCUT2D eigenvalue weighted by atomic mass is 10.0. The van der Waals surface area contributed by atoms with Crippen LogP contribution < -0.4 is 15.4 Å². The highest BCUT2D eigenvalue weighted by molar-refractivity contribution is 6.05. The minimum absolute atomic E-state index is 0.0117. The molecule has 2 aliphatic heterocycles. The Morgan fingerprint density at radius 1 is 1.23 bits per heavy atom. The summed E-state index contributed by atoms with van der Waals surface area (Å²) in [5, 5.41) is 4.33. The Hall–Kier alpha value is -3.89. The number of imide groups is 1. The second-order valence-corrected chi connectivity index (χ2v) is 8.19. The van der Waals surface area contributed by atoms with Gasteiger partial charge in [-0.1, -0.05) is 18.2 Å². The van der Waals surface area contributed by atoms with Gasteiger partial charge in [-0.3, -0.25) is 24.5 Å². The Morgan fingerprint density at radius 2 is 2.00 bits per heavy atom. The summed E-state index contributed by atoms with van der Waals surface area (Å²) in [7, 11) is 0. The standard InChI is InChI=1S/C24H22F3N3O5/c1-2-35-18-5-3-4-16(25)20(18)24(26,27)23(34)28-11-13-6-7-15-14(10-13)12-30(22(15)33)17-8-9-19(31)29-21(17)32/h3-7,10,17H,2,8-9,11-12H2,1H3,(H,28,34)(H,29,31,32). The number of ether oxygens (including phenoxy) is 1. The first-order valence-electron chi connectivity index (χ1n) is 11.0. The van der Waals surface area contributed by atoms with E-state index in [0.29, 0.717) is 16.7 Å². The van der Waals surface area contributed by atoms with E-state index in [1.54, 1.807) is 13.0 Å². The maximum atomic E-state index is 14.8. The first kappa shape index (κ1) is 24.2. The number of carbonyl (C=O) groups excluding carboxylic acids is 4. The number of hydrogen-bond donors (Lipinski definition) is 2. The molecule has 1 atom stereocenters. The van der Waals surface area contributed by atoms with E-state index < -0.39 is 46.8 Å². The van der Waals surface area contributed by atoms with Crippen molar-refractivity contribution in [1.82, 2.24) is 15.5 Å². The number of hydrogen-bond acceptors (Lipinski definition) is 5. The average Bonchev–Trinajstić information content (AvgIpc) is 3.13. The van der Waals surface area contributed by atoms with Crippen LogP contribution in [0.25, 0.3) is 0 Å². The molecule has 2 heterocycles. The van der Waals surface area contributed by atoms with Gasteiger partial charge in [-0.05, 0) is 42.7 Å². The monoisotopic (exact) mass is 489 g/mol. The third kappa shape index (κ3) is 4.58. The second-order valence-electron chi connectivity index (χ2n) is 8.19. The quantitative estimate of drug-likeness (QED) is 0.582. The molecule has 1 saturated heterocycles. The van der Waals surface area contributed by atoms with Crippen LogP contribution in [0.2, 0.25) is 0 Å². The molecule has 8 nitrogen and oxygen atoms in total. The van der Waals surface area contributed by atoms with Gasteiger partial charge in [-0.2, -0.15) is 8.78 Å². The summed E-state index contributed by atoms with van der Waals surface area (Å²) < 4.78 is 49.0. The van der Waals surface area contributed by atoms with Crippen molar-refractivity contribution < 1.29 is 37.1 Å². The Balaban J connectivity index is 1.46. The normalized spacial score (nSPS) is 17.8. The Labute approximate surface area is 198 Å². The molecule has 0 bridgehead atoms. The summed E-state index contributed by atoms with van der Waals surface area (Å²) >= 11 is 0. The smallest absolute Gasteiger partial charge is 0.356 e. The topological polar surface area (TPSA) is 105 Å².